The highest BCUT2D eigenvalue weighted by Gasteiger charge is 2.35. The van der Waals surface area contributed by atoms with Crippen LogP contribution in [0.3, 0.4) is 0 Å². The third-order valence-electron chi connectivity index (χ3n) is 8.27. The Hall–Kier alpha value is -4.89. The predicted molar refractivity (Wildman–Crippen MR) is 164 cm³/mol. The van der Waals surface area contributed by atoms with Gasteiger partial charge in [-0.2, -0.15) is 13.2 Å². The van der Waals surface area contributed by atoms with E-state index in [9.17, 15) is 41.7 Å². The number of hydrogen-bond donors (Lipinski definition) is 1. The van der Waals surface area contributed by atoms with Crippen molar-refractivity contribution < 1.29 is 26.9 Å². The molecule has 15 heteroatoms. The molecule has 0 bridgehead atoms. The summed E-state index contributed by atoms with van der Waals surface area (Å²) >= 11 is 0. The molecule has 2 heterocycles. The molecule has 3 aromatic carbocycles. The predicted octanol–water partition coefficient (Wildman–Crippen LogP) is 4.59. The molecule has 0 radical (unpaired) electrons. The summed E-state index contributed by atoms with van der Waals surface area (Å²) in [6.07, 6.45) is -4.92. The standard InChI is InChI=1S/C32H31F5N6O4/c1-20-29(40-13-11-39(12-14-40)17-21-5-2-8-24(15-21)43(46)47)30(44)42(19-28(38)22-6-3-7-23(33)16-22)31(45)41(20)18-25-26(32(35,36)37)9-4-10-27(25)34/h2-10,15-16,28H,11-14,17-19,38H2,1H3. The maximum absolute atomic E-state index is 14.9. The van der Waals surface area contributed by atoms with Gasteiger partial charge in [0.2, 0.25) is 0 Å². The van der Waals surface area contributed by atoms with Gasteiger partial charge in [-0.15, -0.1) is 0 Å². The van der Waals surface area contributed by atoms with E-state index in [1.54, 1.807) is 17.0 Å². The van der Waals surface area contributed by atoms with Crippen molar-refractivity contribution >= 4 is 11.4 Å². The van der Waals surface area contributed by atoms with Crippen molar-refractivity contribution in [2.24, 2.45) is 5.73 Å². The first-order chi connectivity index (χ1) is 22.2. The lowest BCUT2D eigenvalue weighted by Crippen LogP contribution is -2.51. The van der Waals surface area contributed by atoms with Gasteiger partial charge in [-0.1, -0.05) is 30.3 Å². The second-order valence-corrected chi connectivity index (χ2v) is 11.3. The smallest absolute Gasteiger partial charge is 0.363 e. The zero-order valence-electron chi connectivity index (χ0n) is 25.2. The summed E-state index contributed by atoms with van der Waals surface area (Å²) in [4.78, 5) is 42.2. The molecule has 47 heavy (non-hydrogen) atoms. The molecule has 1 saturated heterocycles. The maximum Gasteiger partial charge on any atom is 0.416 e. The molecule has 1 aromatic heterocycles. The van der Waals surface area contributed by atoms with Gasteiger partial charge in [-0.25, -0.2) is 13.6 Å². The minimum Gasteiger partial charge on any atom is -0.363 e. The Labute approximate surface area is 265 Å². The molecule has 1 aliphatic rings. The minimum absolute atomic E-state index is 0.0379. The summed E-state index contributed by atoms with van der Waals surface area (Å²) in [7, 11) is 0. The summed E-state index contributed by atoms with van der Waals surface area (Å²) in [5.41, 5.74) is 3.56. The molecule has 5 rings (SSSR count). The molecule has 2 N–H and O–H groups in total. The number of nitro benzene ring substituents is 1. The van der Waals surface area contributed by atoms with Crippen molar-refractivity contribution in [3.05, 3.63) is 137 Å². The van der Waals surface area contributed by atoms with Gasteiger partial charge < -0.3 is 10.6 Å². The van der Waals surface area contributed by atoms with E-state index in [0.29, 0.717) is 19.6 Å². The SMILES string of the molecule is Cc1c(N2CCN(Cc3cccc([N+](=O)[O-])c3)CC2)c(=O)n(CC(N)c2cccc(F)c2)c(=O)n1Cc1c(F)cccc1C(F)(F)F. The minimum atomic E-state index is -4.92. The fraction of sp³-hybridized carbons (Fsp3) is 0.312. The van der Waals surface area contributed by atoms with Gasteiger partial charge in [0.25, 0.3) is 11.2 Å². The Kier molecular flexibility index (Phi) is 9.58. The largest absolute Gasteiger partial charge is 0.416 e. The fourth-order valence-corrected chi connectivity index (χ4v) is 5.84. The van der Waals surface area contributed by atoms with Crippen molar-refractivity contribution in [1.29, 1.82) is 0 Å². The summed E-state index contributed by atoms with van der Waals surface area (Å²) in [6, 6.07) is 13.0. The number of hydrogen-bond acceptors (Lipinski definition) is 7. The Morgan fingerprint density at radius 3 is 2.26 bits per heavy atom. The zero-order chi connectivity index (χ0) is 34.0. The van der Waals surface area contributed by atoms with E-state index in [4.69, 9.17) is 5.73 Å². The van der Waals surface area contributed by atoms with Gasteiger partial charge in [-0.3, -0.25) is 28.9 Å². The lowest BCUT2D eigenvalue weighted by molar-refractivity contribution is -0.384. The van der Waals surface area contributed by atoms with Crippen LogP contribution in [0, 0.1) is 28.7 Å². The van der Waals surface area contributed by atoms with Crippen molar-refractivity contribution in [3.8, 4) is 0 Å². The van der Waals surface area contributed by atoms with E-state index in [2.05, 4.69) is 0 Å². The van der Waals surface area contributed by atoms with Crippen LogP contribution >= 0.6 is 0 Å². The van der Waals surface area contributed by atoms with Crippen molar-refractivity contribution in [3.63, 3.8) is 0 Å². The number of piperazine rings is 1. The summed E-state index contributed by atoms with van der Waals surface area (Å²) in [5.74, 6) is -1.76. The van der Waals surface area contributed by atoms with Crippen LogP contribution in [0.15, 0.2) is 76.3 Å². The van der Waals surface area contributed by atoms with Crippen LogP contribution in [0.2, 0.25) is 0 Å². The molecule has 248 valence electrons. The van der Waals surface area contributed by atoms with Gasteiger partial charge in [0.15, 0.2) is 0 Å². The molecule has 1 atom stereocenters. The number of nitro groups is 1. The average Bonchev–Trinajstić information content (AvgIpc) is 3.02. The lowest BCUT2D eigenvalue weighted by atomic mass is 10.1. The number of nitrogens with two attached hydrogens (primary N) is 1. The molecule has 0 aliphatic carbocycles. The third-order valence-corrected chi connectivity index (χ3v) is 8.27. The van der Waals surface area contributed by atoms with Crippen LogP contribution in [-0.2, 0) is 25.8 Å². The zero-order valence-corrected chi connectivity index (χ0v) is 25.2. The first kappa shape index (κ1) is 33.5. The Morgan fingerprint density at radius 1 is 0.915 bits per heavy atom. The van der Waals surface area contributed by atoms with E-state index in [-0.39, 0.29) is 35.7 Å². The maximum atomic E-state index is 14.9. The number of alkyl halides is 3. The molecule has 10 nitrogen and oxygen atoms in total. The third kappa shape index (κ3) is 7.25. The monoisotopic (exact) mass is 658 g/mol. The first-order valence-corrected chi connectivity index (χ1v) is 14.6. The number of non-ortho nitro benzene ring substituents is 1. The Bertz CT molecular complexity index is 1920. The topological polar surface area (TPSA) is 120 Å². The van der Waals surface area contributed by atoms with E-state index in [0.717, 1.165) is 39.0 Å². The van der Waals surface area contributed by atoms with Crippen LogP contribution in [0.1, 0.15) is 34.0 Å². The number of rotatable bonds is 9. The lowest BCUT2D eigenvalue weighted by Gasteiger charge is -2.37. The molecule has 4 aromatic rings. The molecular formula is C32H31F5N6O4. The van der Waals surface area contributed by atoms with Crippen molar-refractivity contribution in [1.82, 2.24) is 14.0 Å². The molecular weight excluding hydrogens is 627 g/mol. The van der Waals surface area contributed by atoms with Gasteiger partial charge in [0.05, 0.1) is 23.6 Å². The quantitative estimate of drug-likeness (QED) is 0.159. The van der Waals surface area contributed by atoms with Crippen molar-refractivity contribution in [2.75, 3.05) is 31.1 Å². The fourth-order valence-electron chi connectivity index (χ4n) is 5.84. The number of anilines is 1. The highest BCUT2D eigenvalue weighted by Crippen LogP contribution is 2.33. The van der Waals surface area contributed by atoms with Gasteiger partial charge in [0.1, 0.15) is 17.3 Å². The first-order valence-electron chi connectivity index (χ1n) is 14.6. The van der Waals surface area contributed by atoms with E-state index in [1.165, 1.54) is 37.3 Å². The van der Waals surface area contributed by atoms with E-state index in [1.807, 2.05) is 4.90 Å². The molecule has 1 unspecified atom stereocenters. The molecule has 1 aliphatic heterocycles. The molecule has 1 fully saturated rings. The molecule has 0 saturated carbocycles. The van der Waals surface area contributed by atoms with Crippen molar-refractivity contribution in [2.45, 2.75) is 38.8 Å². The van der Waals surface area contributed by atoms with Crippen LogP contribution in [0.5, 0.6) is 0 Å². The summed E-state index contributed by atoms with van der Waals surface area (Å²) < 4.78 is 72.3. The number of benzene rings is 3. The van der Waals surface area contributed by atoms with Crippen LogP contribution in [0.4, 0.5) is 33.3 Å². The number of halogens is 5. The number of nitrogens with zero attached hydrogens (tertiary/aromatic N) is 5. The normalized spacial score (nSPS) is 14.7. The average molecular weight is 659 g/mol. The molecule has 0 spiro atoms. The highest BCUT2D eigenvalue weighted by molar-refractivity contribution is 5.50. The second-order valence-electron chi connectivity index (χ2n) is 11.3. The number of aromatic nitrogens is 2. The van der Waals surface area contributed by atoms with Gasteiger partial charge in [0, 0.05) is 62.2 Å². The second kappa shape index (κ2) is 13.5. The Balaban J connectivity index is 1.52. The summed E-state index contributed by atoms with van der Waals surface area (Å²) in [5, 5.41) is 11.2. The van der Waals surface area contributed by atoms with Crippen LogP contribution < -0.4 is 21.9 Å². The summed E-state index contributed by atoms with van der Waals surface area (Å²) in [6.45, 7) is 1.93. The van der Waals surface area contributed by atoms with Crippen LogP contribution in [0.25, 0.3) is 0 Å². The van der Waals surface area contributed by atoms with Gasteiger partial charge >= 0.3 is 11.9 Å². The van der Waals surface area contributed by atoms with Crippen LogP contribution in [-0.4, -0.2) is 45.1 Å². The molecule has 0 amide bonds. The Morgan fingerprint density at radius 2 is 1.60 bits per heavy atom. The highest BCUT2D eigenvalue weighted by atomic mass is 19.4. The van der Waals surface area contributed by atoms with E-state index >= 15 is 0 Å². The van der Waals surface area contributed by atoms with Gasteiger partial charge in [-0.05, 0) is 42.3 Å². The van der Waals surface area contributed by atoms with E-state index < -0.39 is 64.2 Å².